The van der Waals surface area contributed by atoms with E-state index in [1.165, 1.54) is 0 Å². The number of benzene rings is 1. The molecule has 88 valence electrons. The van der Waals surface area contributed by atoms with Crippen molar-refractivity contribution >= 4 is 28.5 Å². The summed E-state index contributed by atoms with van der Waals surface area (Å²) in [5.41, 5.74) is 0.820. The van der Waals surface area contributed by atoms with E-state index >= 15 is 0 Å². The lowest BCUT2D eigenvalue weighted by atomic mass is 10.2. The molecular weight excluding hydrogens is 313 g/mol. The van der Waals surface area contributed by atoms with E-state index in [0.717, 1.165) is 35.1 Å². The zero-order valence-corrected chi connectivity index (χ0v) is 12.0. The summed E-state index contributed by atoms with van der Waals surface area (Å²) in [7, 11) is 0. The maximum absolute atomic E-state index is 12.2. The molecule has 0 fully saturated rings. The largest absolute Gasteiger partial charge is 0.339 e. The van der Waals surface area contributed by atoms with Gasteiger partial charge >= 0.3 is 0 Å². The number of unbranched alkanes of at least 4 members (excludes halogenated alkanes) is 1. The van der Waals surface area contributed by atoms with Crippen molar-refractivity contribution < 1.29 is 4.79 Å². The van der Waals surface area contributed by atoms with Crippen LogP contribution >= 0.6 is 22.6 Å². The monoisotopic (exact) mass is 331 g/mol. The maximum atomic E-state index is 12.2. The van der Waals surface area contributed by atoms with Crippen LogP contribution in [0.25, 0.3) is 0 Å². The molecule has 1 aromatic rings. The van der Waals surface area contributed by atoms with E-state index in [0.29, 0.717) is 0 Å². The highest BCUT2D eigenvalue weighted by molar-refractivity contribution is 14.1. The number of nitrogens with zero attached hydrogens (tertiary/aromatic N) is 1. The molecule has 0 bridgehead atoms. The van der Waals surface area contributed by atoms with Crippen molar-refractivity contribution in [1.82, 2.24) is 4.90 Å². The van der Waals surface area contributed by atoms with Crippen LogP contribution in [0, 0.1) is 3.57 Å². The predicted octanol–water partition coefficient (Wildman–Crippen LogP) is 3.55. The first-order valence-electron chi connectivity index (χ1n) is 5.74. The number of halogens is 1. The Morgan fingerprint density at radius 3 is 2.56 bits per heavy atom. The van der Waals surface area contributed by atoms with Gasteiger partial charge < -0.3 is 4.90 Å². The van der Waals surface area contributed by atoms with Crippen molar-refractivity contribution in [3.63, 3.8) is 0 Å². The Morgan fingerprint density at radius 2 is 2.00 bits per heavy atom. The van der Waals surface area contributed by atoms with E-state index in [4.69, 9.17) is 0 Å². The van der Waals surface area contributed by atoms with Crippen LogP contribution in [0.15, 0.2) is 24.3 Å². The fraction of sp³-hybridized carbons (Fsp3) is 0.462. The standard InChI is InChI=1S/C13H18INO/c1-3-5-10-15(4-2)13(16)11-8-6-7-9-12(11)14/h6-9H,3-5,10H2,1-2H3. The van der Waals surface area contributed by atoms with E-state index < -0.39 is 0 Å². The van der Waals surface area contributed by atoms with Crippen LogP contribution in [0.1, 0.15) is 37.0 Å². The third-order valence-electron chi connectivity index (χ3n) is 2.55. The first-order chi connectivity index (χ1) is 7.70. The van der Waals surface area contributed by atoms with Crippen LogP contribution in [-0.2, 0) is 0 Å². The normalized spacial score (nSPS) is 10.2. The highest BCUT2D eigenvalue weighted by atomic mass is 127. The van der Waals surface area contributed by atoms with Gasteiger partial charge in [0.15, 0.2) is 0 Å². The number of carbonyl (C=O) groups is 1. The molecule has 3 heteroatoms. The second-order valence-electron chi connectivity index (χ2n) is 3.72. The van der Waals surface area contributed by atoms with E-state index in [9.17, 15) is 4.79 Å². The van der Waals surface area contributed by atoms with Crippen LogP contribution in [0.3, 0.4) is 0 Å². The van der Waals surface area contributed by atoms with E-state index in [-0.39, 0.29) is 5.91 Å². The van der Waals surface area contributed by atoms with Crippen molar-refractivity contribution in [3.05, 3.63) is 33.4 Å². The topological polar surface area (TPSA) is 20.3 Å². The summed E-state index contributed by atoms with van der Waals surface area (Å²) in [5.74, 6) is 0.154. The smallest absolute Gasteiger partial charge is 0.254 e. The molecule has 0 saturated carbocycles. The second-order valence-corrected chi connectivity index (χ2v) is 4.88. The molecule has 2 nitrogen and oxygen atoms in total. The molecule has 0 aliphatic carbocycles. The number of amides is 1. The van der Waals surface area contributed by atoms with Crippen molar-refractivity contribution in [2.45, 2.75) is 26.7 Å². The van der Waals surface area contributed by atoms with Gasteiger partial charge in [-0.3, -0.25) is 4.79 Å². The molecule has 0 aliphatic heterocycles. The minimum atomic E-state index is 0.154. The third-order valence-corrected chi connectivity index (χ3v) is 3.50. The Morgan fingerprint density at radius 1 is 1.31 bits per heavy atom. The molecule has 0 heterocycles. The minimum Gasteiger partial charge on any atom is -0.339 e. The van der Waals surface area contributed by atoms with E-state index in [1.54, 1.807) is 0 Å². The SMILES string of the molecule is CCCCN(CC)C(=O)c1ccccc1I. The molecular formula is C13H18INO. The number of hydrogen-bond donors (Lipinski definition) is 0. The summed E-state index contributed by atoms with van der Waals surface area (Å²) >= 11 is 2.22. The molecule has 0 atom stereocenters. The second kappa shape index (κ2) is 6.89. The Labute approximate surface area is 111 Å². The average molecular weight is 331 g/mol. The maximum Gasteiger partial charge on any atom is 0.254 e. The minimum absolute atomic E-state index is 0.154. The molecule has 1 rings (SSSR count). The lowest BCUT2D eigenvalue weighted by Crippen LogP contribution is -2.32. The zero-order chi connectivity index (χ0) is 12.0. The summed E-state index contributed by atoms with van der Waals surface area (Å²) in [6.07, 6.45) is 2.19. The Kier molecular flexibility index (Phi) is 5.80. The van der Waals surface area contributed by atoms with Gasteiger partial charge in [-0.15, -0.1) is 0 Å². The van der Waals surface area contributed by atoms with Gasteiger partial charge in [0.2, 0.25) is 0 Å². The summed E-state index contributed by atoms with van der Waals surface area (Å²) in [6.45, 7) is 5.81. The third kappa shape index (κ3) is 3.47. The molecule has 1 amide bonds. The first kappa shape index (κ1) is 13.5. The molecule has 0 aliphatic rings. The van der Waals surface area contributed by atoms with Crippen molar-refractivity contribution in [1.29, 1.82) is 0 Å². The van der Waals surface area contributed by atoms with Crippen molar-refractivity contribution in [2.24, 2.45) is 0 Å². The molecule has 0 saturated heterocycles. The van der Waals surface area contributed by atoms with Crippen molar-refractivity contribution in [2.75, 3.05) is 13.1 Å². The van der Waals surface area contributed by atoms with Crippen LogP contribution in [-0.4, -0.2) is 23.9 Å². The van der Waals surface area contributed by atoms with Crippen LogP contribution in [0.4, 0.5) is 0 Å². The van der Waals surface area contributed by atoms with Crippen LogP contribution in [0.2, 0.25) is 0 Å². The van der Waals surface area contributed by atoms with Gasteiger partial charge in [0, 0.05) is 16.7 Å². The van der Waals surface area contributed by atoms with Gasteiger partial charge in [0.25, 0.3) is 5.91 Å². The van der Waals surface area contributed by atoms with Gasteiger partial charge in [-0.05, 0) is 48.1 Å². The Hall–Kier alpha value is -0.580. The molecule has 1 aromatic carbocycles. The molecule has 0 aromatic heterocycles. The Balaban J connectivity index is 2.79. The fourth-order valence-electron chi connectivity index (χ4n) is 1.56. The van der Waals surface area contributed by atoms with Gasteiger partial charge in [-0.25, -0.2) is 0 Å². The number of carbonyl (C=O) groups excluding carboxylic acids is 1. The first-order valence-corrected chi connectivity index (χ1v) is 6.82. The molecule has 0 spiro atoms. The lowest BCUT2D eigenvalue weighted by molar-refractivity contribution is 0.0761. The fourth-order valence-corrected chi connectivity index (χ4v) is 2.18. The molecule has 0 N–H and O–H groups in total. The summed E-state index contributed by atoms with van der Waals surface area (Å²) < 4.78 is 1.03. The summed E-state index contributed by atoms with van der Waals surface area (Å²) in [4.78, 5) is 14.1. The molecule has 0 unspecified atom stereocenters. The number of rotatable bonds is 5. The zero-order valence-electron chi connectivity index (χ0n) is 9.87. The highest BCUT2D eigenvalue weighted by Crippen LogP contribution is 2.14. The van der Waals surface area contributed by atoms with Crippen molar-refractivity contribution in [3.8, 4) is 0 Å². The summed E-state index contributed by atoms with van der Waals surface area (Å²) in [6, 6.07) is 7.75. The highest BCUT2D eigenvalue weighted by Gasteiger charge is 2.15. The van der Waals surface area contributed by atoms with Gasteiger partial charge in [0.1, 0.15) is 0 Å². The quantitative estimate of drug-likeness (QED) is 0.756. The Bertz CT molecular complexity index is 352. The van der Waals surface area contributed by atoms with Gasteiger partial charge in [-0.2, -0.15) is 0 Å². The van der Waals surface area contributed by atoms with E-state index in [2.05, 4.69) is 29.5 Å². The van der Waals surface area contributed by atoms with Gasteiger partial charge in [0.05, 0.1) is 5.56 Å². The average Bonchev–Trinajstić information content (AvgIpc) is 2.30. The predicted molar refractivity (Wildman–Crippen MR) is 75.6 cm³/mol. The summed E-state index contributed by atoms with van der Waals surface area (Å²) in [5, 5.41) is 0. The molecule has 16 heavy (non-hydrogen) atoms. The van der Waals surface area contributed by atoms with E-state index in [1.807, 2.05) is 36.1 Å². The van der Waals surface area contributed by atoms with Gasteiger partial charge in [-0.1, -0.05) is 25.5 Å². The van der Waals surface area contributed by atoms with Crippen LogP contribution in [0.5, 0.6) is 0 Å². The lowest BCUT2D eigenvalue weighted by Gasteiger charge is -2.21. The van der Waals surface area contributed by atoms with Crippen LogP contribution < -0.4 is 0 Å². The molecule has 0 radical (unpaired) electrons. The number of hydrogen-bond acceptors (Lipinski definition) is 1.